The van der Waals surface area contributed by atoms with E-state index >= 15 is 0 Å². The molecular weight excluding hydrogens is 401 g/mol. The summed E-state index contributed by atoms with van der Waals surface area (Å²) in [7, 11) is 1.54. The fourth-order valence-electron chi connectivity index (χ4n) is 2.91. The first-order valence-corrected chi connectivity index (χ1v) is 8.45. The van der Waals surface area contributed by atoms with Crippen LogP contribution in [0.1, 0.15) is 11.1 Å². The second kappa shape index (κ2) is 7.06. The van der Waals surface area contributed by atoms with Crippen LogP contribution in [0.25, 0.3) is 34.1 Å². The average Bonchev–Trinajstić information content (AvgIpc) is 3.32. The maximum Gasteiger partial charge on any atom is 0.416 e. The van der Waals surface area contributed by atoms with Crippen LogP contribution in [0.4, 0.5) is 13.2 Å². The Balaban J connectivity index is 1.83. The molecule has 0 aliphatic heterocycles. The maximum atomic E-state index is 13.4. The van der Waals surface area contributed by atoms with Gasteiger partial charge in [0.15, 0.2) is 5.82 Å². The number of rotatable bonds is 4. The van der Waals surface area contributed by atoms with Crippen LogP contribution in [0.2, 0.25) is 0 Å². The van der Waals surface area contributed by atoms with Crippen LogP contribution in [-0.2, 0) is 18.0 Å². The van der Waals surface area contributed by atoms with Gasteiger partial charge in [0.25, 0.3) is 5.91 Å². The molecule has 0 aliphatic carbocycles. The van der Waals surface area contributed by atoms with Crippen LogP contribution in [0.15, 0.2) is 43.4 Å². The van der Waals surface area contributed by atoms with Gasteiger partial charge in [-0.1, -0.05) is 0 Å². The first-order chi connectivity index (χ1) is 14.2. The Morgan fingerprint density at radius 2 is 1.90 bits per heavy atom. The summed E-state index contributed by atoms with van der Waals surface area (Å²) in [6, 6.07) is 1.98. The number of aromatic nitrogens is 7. The van der Waals surface area contributed by atoms with Gasteiger partial charge in [0, 0.05) is 42.2 Å². The van der Waals surface area contributed by atoms with Crippen molar-refractivity contribution in [3.63, 3.8) is 0 Å². The summed E-state index contributed by atoms with van der Waals surface area (Å²) in [5.74, 6) is -0.723. The lowest BCUT2D eigenvalue weighted by molar-refractivity contribution is -0.137. The van der Waals surface area contributed by atoms with Crippen LogP contribution in [0.3, 0.4) is 0 Å². The molecule has 30 heavy (non-hydrogen) atoms. The van der Waals surface area contributed by atoms with E-state index in [0.717, 1.165) is 12.1 Å². The van der Waals surface area contributed by atoms with Gasteiger partial charge in [-0.3, -0.25) is 9.48 Å². The Morgan fingerprint density at radius 1 is 1.17 bits per heavy atom. The zero-order valence-electron chi connectivity index (χ0n) is 15.4. The maximum absolute atomic E-state index is 13.4. The predicted octanol–water partition coefficient (Wildman–Crippen LogP) is 2.12. The van der Waals surface area contributed by atoms with Crippen molar-refractivity contribution in [3.05, 3.63) is 54.5 Å². The normalized spacial score (nSPS) is 12.5. The molecule has 9 nitrogen and oxygen atoms in total. The smallest absolute Gasteiger partial charge is 0.366 e. The number of alkyl halides is 3. The van der Waals surface area contributed by atoms with Crippen molar-refractivity contribution < 1.29 is 18.0 Å². The Bertz CT molecular complexity index is 1270. The molecule has 0 unspecified atom stereocenters. The summed E-state index contributed by atoms with van der Waals surface area (Å²) in [4.78, 5) is 23.6. The van der Waals surface area contributed by atoms with E-state index < -0.39 is 17.6 Å². The van der Waals surface area contributed by atoms with Gasteiger partial charge in [-0.05, 0) is 12.1 Å². The lowest BCUT2D eigenvalue weighted by Crippen LogP contribution is -2.14. The lowest BCUT2D eigenvalue weighted by atomic mass is 10.1. The summed E-state index contributed by atoms with van der Waals surface area (Å²) in [5.41, 5.74) is 5.43. The molecule has 0 fully saturated rings. The molecule has 0 radical (unpaired) electrons. The molecule has 3 heterocycles. The quantitative estimate of drug-likeness (QED) is 0.511. The molecule has 0 spiro atoms. The van der Waals surface area contributed by atoms with Gasteiger partial charge in [0.2, 0.25) is 0 Å². The Labute approximate surface area is 166 Å². The molecule has 1 aromatic carbocycles. The van der Waals surface area contributed by atoms with E-state index in [1.807, 2.05) is 0 Å². The molecule has 1 amide bonds. The molecule has 0 atom stereocenters. The van der Waals surface area contributed by atoms with Crippen LogP contribution in [-0.4, -0.2) is 40.4 Å². The van der Waals surface area contributed by atoms with Crippen LogP contribution in [0, 0.1) is 0 Å². The van der Waals surface area contributed by atoms with Gasteiger partial charge in [-0.25, -0.2) is 19.6 Å². The lowest BCUT2D eigenvalue weighted by Gasteiger charge is -2.09. The molecule has 4 rings (SSSR count). The molecule has 152 valence electrons. The van der Waals surface area contributed by atoms with E-state index in [1.54, 1.807) is 7.05 Å². The third-order valence-electron chi connectivity index (χ3n) is 4.34. The molecule has 0 saturated heterocycles. The van der Waals surface area contributed by atoms with E-state index in [-0.39, 0.29) is 22.5 Å². The number of aryl methyl sites for hydroxylation is 1. The van der Waals surface area contributed by atoms with Crippen molar-refractivity contribution in [2.75, 3.05) is 0 Å². The highest BCUT2D eigenvalue weighted by atomic mass is 19.4. The van der Waals surface area contributed by atoms with Crippen LogP contribution in [0.5, 0.6) is 0 Å². The summed E-state index contributed by atoms with van der Waals surface area (Å²) in [5, 5.41) is 8.67. The first kappa shape index (κ1) is 19.2. The van der Waals surface area contributed by atoms with Gasteiger partial charge >= 0.3 is 6.18 Å². The number of fused-ring (bicyclic) bond motifs is 1. The summed E-state index contributed by atoms with van der Waals surface area (Å²) >= 11 is 0. The Morgan fingerprint density at radius 3 is 2.57 bits per heavy atom. The zero-order chi connectivity index (χ0) is 21.5. The minimum Gasteiger partial charge on any atom is -0.366 e. The molecule has 0 bridgehead atoms. The van der Waals surface area contributed by atoms with Crippen molar-refractivity contribution in [1.82, 2.24) is 34.5 Å². The van der Waals surface area contributed by atoms with Gasteiger partial charge in [0.05, 0.1) is 22.9 Å². The molecule has 3 aromatic heterocycles. The molecule has 12 heteroatoms. The molecule has 0 aliphatic rings. The number of primary amides is 1. The third-order valence-corrected chi connectivity index (χ3v) is 4.34. The van der Waals surface area contributed by atoms with E-state index in [1.165, 1.54) is 46.8 Å². The molecule has 2 N–H and O–H groups in total. The topological polar surface area (TPSA) is 117 Å². The second-order valence-electron chi connectivity index (χ2n) is 6.30. The van der Waals surface area contributed by atoms with Gasteiger partial charge in [-0.15, -0.1) is 5.10 Å². The van der Waals surface area contributed by atoms with Crippen molar-refractivity contribution in [2.24, 2.45) is 12.8 Å². The van der Waals surface area contributed by atoms with E-state index in [4.69, 9.17) is 5.73 Å². The number of carbonyl (C=O) groups excluding carboxylic acids is 1. The SMILES string of the molecule is Cn1ncc2c(-c3ncn(/C=C(/C(N)=O)c4cncnc4)n3)cc(C(F)(F)F)cc21. The zero-order valence-corrected chi connectivity index (χ0v) is 15.4. The van der Waals surface area contributed by atoms with Crippen molar-refractivity contribution in [2.45, 2.75) is 6.18 Å². The fourth-order valence-corrected chi connectivity index (χ4v) is 2.91. The highest BCUT2D eigenvalue weighted by Gasteiger charge is 2.32. The van der Waals surface area contributed by atoms with Crippen LogP contribution < -0.4 is 5.73 Å². The third kappa shape index (κ3) is 3.50. The minimum atomic E-state index is -4.55. The van der Waals surface area contributed by atoms with Gasteiger partial charge in [0.1, 0.15) is 12.7 Å². The highest BCUT2D eigenvalue weighted by molar-refractivity contribution is 6.22. The number of halogens is 3. The Hall–Kier alpha value is -4.09. The van der Waals surface area contributed by atoms with E-state index in [0.29, 0.717) is 10.9 Å². The Kier molecular flexibility index (Phi) is 4.53. The molecule has 0 saturated carbocycles. The summed E-state index contributed by atoms with van der Waals surface area (Å²) in [6.45, 7) is 0. The minimum absolute atomic E-state index is 0.0310. The fraction of sp³-hybridized carbons (Fsp3) is 0.111. The number of benzene rings is 1. The van der Waals surface area contributed by atoms with E-state index in [9.17, 15) is 18.0 Å². The van der Waals surface area contributed by atoms with E-state index in [2.05, 4.69) is 25.1 Å². The van der Waals surface area contributed by atoms with Crippen LogP contribution >= 0.6 is 0 Å². The van der Waals surface area contributed by atoms with Gasteiger partial charge in [-0.2, -0.15) is 18.3 Å². The number of hydrogen-bond donors (Lipinski definition) is 1. The second-order valence-corrected chi connectivity index (χ2v) is 6.30. The van der Waals surface area contributed by atoms with Crippen molar-refractivity contribution >= 4 is 28.6 Å². The highest BCUT2D eigenvalue weighted by Crippen LogP contribution is 2.36. The number of amides is 1. The summed E-state index contributed by atoms with van der Waals surface area (Å²) in [6.07, 6.45) is 3.53. The monoisotopic (exact) mass is 414 g/mol. The summed E-state index contributed by atoms with van der Waals surface area (Å²) < 4.78 is 42.6. The molecule has 4 aromatic rings. The largest absolute Gasteiger partial charge is 0.416 e. The van der Waals surface area contributed by atoms with Gasteiger partial charge < -0.3 is 5.73 Å². The number of nitrogens with two attached hydrogens (primary N) is 1. The average molecular weight is 414 g/mol. The first-order valence-electron chi connectivity index (χ1n) is 8.45. The van der Waals surface area contributed by atoms with Crippen molar-refractivity contribution in [1.29, 1.82) is 0 Å². The molecular formula is C18H13F3N8O. The standard InChI is InChI=1S/C18H13F3N8O/c1-28-15-3-11(18(19,20)21)2-12(13(15)6-26-28)17-25-9-29(27-17)7-14(16(22)30)10-4-23-8-24-5-10/h2-9H,1H3,(H2,22,30)/b14-7+. The predicted molar refractivity (Wildman–Crippen MR) is 100 cm³/mol. The number of carbonyl (C=O) groups is 1. The number of hydrogen-bond acceptors (Lipinski definition) is 6. The number of nitrogens with zero attached hydrogens (tertiary/aromatic N) is 7. The van der Waals surface area contributed by atoms with Crippen molar-refractivity contribution in [3.8, 4) is 11.4 Å².